The topological polar surface area (TPSA) is 86.3 Å². The zero-order valence-corrected chi connectivity index (χ0v) is 12.3. The fourth-order valence-electron chi connectivity index (χ4n) is 1.91. The molecule has 0 saturated carbocycles. The number of carbonyl (C=O) groups is 2. The summed E-state index contributed by atoms with van der Waals surface area (Å²) in [6, 6.07) is 6.06. The van der Waals surface area contributed by atoms with Crippen LogP contribution in [0.2, 0.25) is 5.02 Å². The lowest BCUT2D eigenvalue weighted by Crippen LogP contribution is -2.17. The van der Waals surface area contributed by atoms with Crippen molar-refractivity contribution in [3.8, 4) is 0 Å². The van der Waals surface area contributed by atoms with Gasteiger partial charge in [0.25, 0.3) is 5.91 Å². The number of amides is 1. The van der Waals surface area contributed by atoms with Gasteiger partial charge in [-0.3, -0.25) is 4.79 Å². The normalized spacial score (nSPS) is 10.2. The minimum absolute atomic E-state index is 0.220. The molecule has 1 aromatic heterocycles. The SMILES string of the molecule is COC(=O)c1ccc(Cl)cc1NC(=O)c1cc(N)cn1C. The Hall–Kier alpha value is -2.47. The molecule has 0 atom stereocenters. The van der Waals surface area contributed by atoms with Gasteiger partial charge in [-0.15, -0.1) is 0 Å². The highest BCUT2D eigenvalue weighted by molar-refractivity contribution is 6.31. The summed E-state index contributed by atoms with van der Waals surface area (Å²) in [4.78, 5) is 23.9. The number of halogens is 1. The Kier molecular flexibility index (Phi) is 4.18. The van der Waals surface area contributed by atoms with Crippen LogP contribution in [0.1, 0.15) is 20.8 Å². The van der Waals surface area contributed by atoms with Crippen molar-refractivity contribution in [1.82, 2.24) is 4.57 Å². The molecule has 3 N–H and O–H groups in total. The smallest absolute Gasteiger partial charge is 0.339 e. The Bertz CT molecular complexity index is 709. The van der Waals surface area contributed by atoms with Gasteiger partial charge in [0.2, 0.25) is 0 Å². The van der Waals surface area contributed by atoms with Gasteiger partial charge in [-0.2, -0.15) is 0 Å². The second-order valence-corrected chi connectivity index (χ2v) is 4.84. The van der Waals surface area contributed by atoms with E-state index in [-0.39, 0.29) is 11.3 Å². The molecule has 2 aromatic rings. The van der Waals surface area contributed by atoms with Crippen LogP contribution in [0.4, 0.5) is 11.4 Å². The van der Waals surface area contributed by atoms with E-state index in [1.807, 2.05) is 0 Å². The summed E-state index contributed by atoms with van der Waals surface area (Å²) in [5.74, 6) is -0.963. The van der Waals surface area contributed by atoms with Crippen molar-refractivity contribution < 1.29 is 14.3 Å². The molecule has 2 rings (SSSR count). The average Bonchev–Trinajstić information content (AvgIpc) is 2.77. The molecule has 6 nitrogen and oxygen atoms in total. The highest BCUT2D eigenvalue weighted by Crippen LogP contribution is 2.23. The maximum Gasteiger partial charge on any atom is 0.339 e. The van der Waals surface area contributed by atoms with E-state index in [0.29, 0.717) is 16.4 Å². The van der Waals surface area contributed by atoms with E-state index >= 15 is 0 Å². The Labute approximate surface area is 126 Å². The largest absolute Gasteiger partial charge is 0.465 e. The van der Waals surface area contributed by atoms with E-state index in [9.17, 15) is 9.59 Å². The first-order chi connectivity index (χ1) is 9.92. The Morgan fingerprint density at radius 2 is 2.05 bits per heavy atom. The van der Waals surface area contributed by atoms with E-state index < -0.39 is 11.9 Å². The molecule has 0 aliphatic rings. The molecule has 0 bridgehead atoms. The molecule has 0 radical (unpaired) electrons. The molecule has 0 unspecified atom stereocenters. The fraction of sp³-hybridized carbons (Fsp3) is 0.143. The number of hydrogen-bond acceptors (Lipinski definition) is 4. The van der Waals surface area contributed by atoms with Crippen molar-refractivity contribution in [1.29, 1.82) is 0 Å². The van der Waals surface area contributed by atoms with Crippen molar-refractivity contribution in [2.75, 3.05) is 18.2 Å². The lowest BCUT2D eigenvalue weighted by Gasteiger charge is -2.10. The van der Waals surface area contributed by atoms with Crippen molar-refractivity contribution >= 4 is 34.9 Å². The number of aryl methyl sites for hydroxylation is 1. The maximum absolute atomic E-state index is 12.2. The number of aromatic nitrogens is 1. The van der Waals surface area contributed by atoms with Gasteiger partial charge in [-0.1, -0.05) is 11.6 Å². The molecule has 21 heavy (non-hydrogen) atoms. The number of nitrogen functional groups attached to an aromatic ring is 1. The van der Waals surface area contributed by atoms with Crippen LogP contribution in [0, 0.1) is 0 Å². The number of hydrogen-bond donors (Lipinski definition) is 2. The lowest BCUT2D eigenvalue weighted by atomic mass is 10.1. The summed E-state index contributed by atoms with van der Waals surface area (Å²) in [5.41, 5.74) is 6.97. The molecule has 1 aromatic carbocycles. The van der Waals surface area contributed by atoms with Crippen LogP contribution in [0.15, 0.2) is 30.5 Å². The van der Waals surface area contributed by atoms with Crippen molar-refractivity contribution in [2.45, 2.75) is 0 Å². The standard InChI is InChI=1S/C14H14ClN3O3/c1-18-7-9(16)6-12(18)13(19)17-11-5-8(15)3-4-10(11)14(20)21-2/h3-7H,16H2,1-2H3,(H,17,19). The van der Waals surface area contributed by atoms with E-state index in [1.54, 1.807) is 23.9 Å². The van der Waals surface area contributed by atoms with Gasteiger partial charge in [-0.25, -0.2) is 4.79 Å². The molecule has 0 fully saturated rings. The molecule has 0 saturated heterocycles. The number of esters is 1. The zero-order chi connectivity index (χ0) is 15.6. The van der Waals surface area contributed by atoms with Crippen LogP contribution >= 0.6 is 11.6 Å². The van der Waals surface area contributed by atoms with Gasteiger partial charge in [0.05, 0.1) is 24.0 Å². The molecule has 0 aliphatic heterocycles. The second-order valence-electron chi connectivity index (χ2n) is 4.41. The zero-order valence-electron chi connectivity index (χ0n) is 11.5. The summed E-state index contributed by atoms with van der Waals surface area (Å²) >= 11 is 5.90. The summed E-state index contributed by atoms with van der Waals surface area (Å²) in [6.07, 6.45) is 1.62. The first-order valence-corrected chi connectivity index (χ1v) is 6.41. The van der Waals surface area contributed by atoms with Gasteiger partial charge >= 0.3 is 5.97 Å². The first kappa shape index (κ1) is 14.9. The van der Waals surface area contributed by atoms with Crippen LogP contribution in [-0.2, 0) is 11.8 Å². The number of rotatable bonds is 3. The highest BCUT2D eigenvalue weighted by atomic mass is 35.5. The molecule has 0 spiro atoms. The minimum atomic E-state index is -0.562. The predicted octanol–water partition coefficient (Wildman–Crippen LogP) is 2.30. The number of methoxy groups -OCH3 is 1. The molecule has 1 heterocycles. The van der Waals surface area contributed by atoms with Gasteiger partial charge in [0, 0.05) is 18.3 Å². The number of benzene rings is 1. The third-order valence-electron chi connectivity index (χ3n) is 2.89. The summed E-state index contributed by atoms with van der Waals surface area (Å²) in [6.45, 7) is 0. The van der Waals surface area contributed by atoms with Crippen LogP contribution in [0.25, 0.3) is 0 Å². The number of ether oxygens (including phenoxy) is 1. The van der Waals surface area contributed by atoms with Gasteiger partial charge in [0.15, 0.2) is 0 Å². The molecular formula is C14H14ClN3O3. The maximum atomic E-state index is 12.2. The molecule has 7 heteroatoms. The van der Waals surface area contributed by atoms with E-state index in [0.717, 1.165) is 0 Å². The summed E-state index contributed by atoms with van der Waals surface area (Å²) in [7, 11) is 2.96. The van der Waals surface area contributed by atoms with Crippen molar-refractivity contribution in [2.24, 2.45) is 7.05 Å². The quantitative estimate of drug-likeness (QED) is 0.852. The van der Waals surface area contributed by atoms with Gasteiger partial charge < -0.3 is 20.4 Å². The third-order valence-corrected chi connectivity index (χ3v) is 3.13. The van der Waals surface area contributed by atoms with Crippen molar-refractivity contribution in [3.05, 3.63) is 46.7 Å². The molecule has 110 valence electrons. The Balaban J connectivity index is 2.34. The number of nitrogens with two attached hydrogens (primary N) is 1. The van der Waals surface area contributed by atoms with Crippen LogP contribution in [-0.4, -0.2) is 23.6 Å². The Morgan fingerprint density at radius 3 is 2.62 bits per heavy atom. The minimum Gasteiger partial charge on any atom is -0.465 e. The molecular weight excluding hydrogens is 294 g/mol. The Morgan fingerprint density at radius 1 is 1.33 bits per heavy atom. The monoisotopic (exact) mass is 307 g/mol. The lowest BCUT2D eigenvalue weighted by molar-refractivity contribution is 0.0602. The third kappa shape index (κ3) is 3.17. The second kappa shape index (κ2) is 5.88. The molecule has 0 aliphatic carbocycles. The van der Waals surface area contributed by atoms with E-state index in [2.05, 4.69) is 10.1 Å². The highest BCUT2D eigenvalue weighted by Gasteiger charge is 2.17. The number of nitrogens with zero attached hydrogens (tertiary/aromatic N) is 1. The van der Waals surface area contributed by atoms with E-state index in [4.69, 9.17) is 17.3 Å². The average molecular weight is 308 g/mol. The summed E-state index contributed by atoms with van der Waals surface area (Å²) in [5, 5.41) is 3.03. The van der Waals surface area contributed by atoms with Crippen LogP contribution < -0.4 is 11.1 Å². The van der Waals surface area contributed by atoms with Crippen LogP contribution in [0.3, 0.4) is 0 Å². The number of anilines is 2. The fourth-order valence-corrected chi connectivity index (χ4v) is 2.08. The summed E-state index contributed by atoms with van der Waals surface area (Å²) < 4.78 is 6.26. The van der Waals surface area contributed by atoms with Crippen LogP contribution in [0.5, 0.6) is 0 Å². The van der Waals surface area contributed by atoms with E-state index in [1.165, 1.54) is 25.3 Å². The van der Waals surface area contributed by atoms with Crippen molar-refractivity contribution in [3.63, 3.8) is 0 Å². The first-order valence-electron chi connectivity index (χ1n) is 6.03. The predicted molar refractivity (Wildman–Crippen MR) is 80.6 cm³/mol. The number of carbonyl (C=O) groups excluding carboxylic acids is 2. The molecule has 1 amide bonds. The van der Waals surface area contributed by atoms with Gasteiger partial charge in [0.1, 0.15) is 5.69 Å². The van der Waals surface area contributed by atoms with Gasteiger partial charge in [-0.05, 0) is 24.3 Å². The number of nitrogens with one attached hydrogen (secondary N) is 1.